The molecule has 1 atom stereocenters. The van der Waals surface area contributed by atoms with Gasteiger partial charge in [0.05, 0.1) is 6.04 Å². The normalized spacial score (nSPS) is 16.8. The Hall–Kier alpha value is -2.42. The minimum absolute atomic E-state index is 0.0163. The highest BCUT2D eigenvalue weighted by molar-refractivity contribution is 5.30. The third-order valence-electron chi connectivity index (χ3n) is 5.24. The maximum atomic E-state index is 6.12. The van der Waals surface area contributed by atoms with Crippen molar-refractivity contribution >= 4 is 0 Å². The van der Waals surface area contributed by atoms with Gasteiger partial charge in [-0.15, -0.1) is 0 Å². The smallest absolute Gasteiger partial charge is 0.0551 e. The molecule has 3 aromatic rings. The summed E-state index contributed by atoms with van der Waals surface area (Å²) in [5.41, 5.74) is 9.86. The third kappa shape index (κ3) is 5.78. The van der Waals surface area contributed by atoms with Crippen LogP contribution in [-0.2, 0) is 6.54 Å². The number of benzene rings is 3. The first-order valence-electron chi connectivity index (χ1n) is 9.87. The molecule has 1 unspecified atom stereocenters. The van der Waals surface area contributed by atoms with Gasteiger partial charge in [0.1, 0.15) is 0 Å². The van der Waals surface area contributed by atoms with E-state index in [0.29, 0.717) is 0 Å². The molecule has 2 heteroatoms. The fourth-order valence-electron chi connectivity index (χ4n) is 3.56. The van der Waals surface area contributed by atoms with Gasteiger partial charge in [0.25, 0.3) is 0 Å². The Morgan fingerprint density at radius 3 is 1.74 bits per heavy atom. The Bertz CT molecular complexity index is 732. The number of hydrogen-bond acceptors (Lipinski definition) is 2. The average molecular weight is 359 g/mol. The lowest BCUT2D eigenvalue weighted by Crippen LogP contribution is -2.25. The van der Waals surface area contributed by atoms with Crippen molar-refractivity contribution < 1.29 is 0 Å². The Kier molecular flexibility index (Phi) is 7.20. The Morgan fingerprint density at radius 1 is 0.815 bits per heavy atom. The summed E-state index contributed by atoms with van der Waals surface area (Å²) in [6.45, 7) is 4.73. The summed E-state index contributed by atoms with van der Waals surface area (Å²) >= 11 is 0. The highest BCUT2D eigenvalue weighted by atomic mass is 15.2. The predicted octanol–water partition coefficient (Wildman–Crippen LogP) is 5.41. The van der Waals surface area contributed by atoms with Crippen LogP contribution in [0.2, 0.25) is 0 Å². The summed E-state index contributed by atoms with van der Waals surface area (Å²) in [5.74, 6) is 0. The summed E-state index contributed by atoms with van der Waals surface area (Å²) in [6.07, 6.45) is 2.74. The predicted molar refractivity (Wildman–Crippen MR) is 114 cm³/mol. The highest BCUT2D eigenvalue weighted by Gasteiger charge is 2.19. The molecular formula is C25H30N2. The summed E-state index contributed by atoms with van der Waals surface area (Å²) < 4.78 is 0. The fraction of sp³-hybridized carbons (Fsp3) is 0.280. The van der Waals surface area contributed by atoms with Gasteiger partial charge in [-0.05, 0) is 43.0 Å². The van der Waals surface area contributed by atoms with Gasteiger partial charge in [0.15, 0.2) is 0 Å². The van der Waals surface area contributed by atoms with E-state index in [1.165, 1.54) is 24.9 Å². The second kappa shape index (κ2) is 10.1. The molecule has 2 nitrogen and oxygen atoms in total. The molecule has 0 bridgehead atoms. The maximum absolute atomic E-state index is 6.12. The standard InChI is InChI=1S/C13H13N.C12H17N/c14-13(11-7-3-1-4-8-11)12-9-5-2-6-10-12;1-11-6-5-9-13(11)10-12-7-3-2-4-8-12/h1-10,13H,14H2;2-4,7-8,11H,5-6,9-10H2,1H3. The second-order valence-electron chi connectivity index (χ2n) is 7.25. The van der Waals surface area contributed by atoms with Crippen LogP contribution in [0, 0.1) is 0 Å². The zero-order valence-electron chi connectivity index (χ0n) is 16.2. The fourth-order valence-corrected chi connectivity index (χ4v) is 3.56. The van der Waals surface area contributed by atoms with Crippen LogP contribution in [0.15, 0.2) is 91.0 Å². The number of rotatable bonds is 4. The van der Waals surface area contributed by atoms with Gasteiger partial charge in [-0.1, -0.05) is 91.0 Å². The molecule has 1 saturated heterocycles. The minimum Gasteiger partial charge on any atom is -0.320 e. The zero-order valence-corrected chi connectivity index (χ0v) is 16.2. The monoisotopic (exact) mass is 358 g/mol. The molecule has 2 N–H and O–H groups in total. The van der Waals surface area contributed by atoms with Gasteiger partial charge in [0, 0.05) is 12.6 Å². The van der Waals surface area contributed by atoms with Crippen LogP contribution >= 0.6 is 0 Å². The average Bonchev–Trinajstić information content (AvgIpc) is 3.14. The molecule has 1 aliphatic rings. The number of likely N-dealkylation sites (tertiary alicyclic amines) is 1. The molecule has 0 saturated carbocycles. The lowest BCUT2D eigenvalue weighted by atomic mass is 10.00. The van der Waals surface area contributed by atoms with Crippen molar-refractivity contribution in [2.75, 3.05) is 6.54 Å². The summed E-state index contributed by atoms with van der Waals surface area (Å²) in [4.78, 5) is 2.56. The zero-order chi connectivity index (χ0) is 18.9. The summed E-state index contributed by atoms with van der Waals surface area (Å²) in [5, 5.41) is 0. The molecule has 1 fully saturated rings. The topological polar surface area (TPSA) is 29.3 Å². The molecule has 0 amide bonds. The molecule has 0 spiro atoms. The molecule has 0 aromatic heterocycles. The van der Waals surface area contributed by atoms with Crippen LogP contribution in [0.1, 0.15) is 42.5 Å². The van der Waals surface area contributed by atoms with Gasteiger partial charge in [0.2, 0.25) is 0 Å². The number of nitrogens with zero attached hydrogens (tertiary/aromatic N) is 1. The quantitative estimate of drug-likeness (QED) is 0.676. The van der Waals surface area contributed by atoms with Crippen LogP contribution in [-0.4, -0.2) is 17.5 Å². The van der Waals surface area contributed by atoms with E-state index in [1.807, 2.05) is 36.4 Å². The van der Waals surface area contributed by atoms with Crippen molar-refractivity contribution in [2.24, 2.45) is 5.73 Å². The van der Waals surface area contributed by atoms with E-state index in [4.69, 9.17) is 5.73 Å². The van der Waals surface area contributed by atoms with Gasteiger partial charge < -0.3 is 5.73 Å². The molecule has 1 heterocycles. The van der Waals surface area contributed by atoms with Crippen LogP contribution in [0.25, 0.3) is 0 Å². The minimum atomic E-state index is -0.0163. The highest BCUT2D eigenvalue weighted by Crippen LogP contribution is 2.19. The first-order chi connectivity index (χ1) is 13.2. The van der Waals surface area contributed by atoms with Crippen molar-refractivity contribution in [3.8, 4) is 0 Å². The van der Waals surface area contributed by atoms with E-state index >= 15 is 0 Å². The van der Waals surface area contributed by atoms with Crippen molar-refractivity contribution in [1.29, 1.82) is 0 Å². The summed E-state index contributed by atoms with van der Waals surface area (Å²) in [6, 6.07) is 31.8. The second-order valence-corrected chi connectivity index (χ2v) is 7.25. The Labute approximate surface area is 163 Å². The van der Waals surface area contributed by atoms with E-state index in [9.17, 15) is 0 Å². The number of hydrogen-bond donors (Lipinski definition) is 1. The van der Waals surface area contributed by atoms with Crippen LogP contribution in [0.3, 0.4) is 0 Å². The van der Waals surface area contributed by atoms with Gasteiger partial charge >= 0.3 is 0 Å². The van der Waals surface area contributed by atoms with E-state index in [0.717, 1.165) is 23.7 Å². The van der Waals surface area contributed by atoms with E-state index in [1.54, 1.807) is 0 Å². The molecule has 0 aliphatic carbocycles. The SMILES string of the molecule is CC1CCCN1Cc1ccccc1.NC(c1ccccc1)c1ccccc1. The van der Waals surface area contributed by atoms with Crippen molar-refractivity contribution in [3.05, 3.63) is 108 Å². The molecule has 1 aliphatic heterocycles. The van der Waals surface area contributed by atoms with E-state index < -0.39 is 0 Å². The largest absolute Gasteiger partial charge is 0.320 e. The number of nitrogens with two attached hydrogens (primary N) is 1. The first-order valence-corrected chi connectivity index (χ1v) is 9.87. The molecule has 0 radical (unpaired) electrons. The van der Waals surface area contributed by atoms with E-state index in [2.05, 4.69) is 66.4 Å². The Balaban J connectivity index is 0.000000156. The lowest BCUT2D eigenvalue weighted by molar-refractivity contribution is 0.260. The lowest BCUT2D eigenvalue weighted by Gasteiger charge is -2.20. The van der Waals surface area contributed by atoms with Crippen LogP contribution < -0.4 is 5.73 Å². The maximum Gasteiger partial charge on any atom is 0.0551 e. The van der Waals surface area contributed by atoms with Crippen molar-refractivity contribution in [1.82, 2.24) is 4.90 Å². The molecule has 4 rings (SSSR count). The molecule has 140 valence electrons. The van der Waals surface area contributed by atoms with E-state index in [-0.39, 0.29) is 6.04 Å². The van der Waals surface area contributed by atoms with Gasteiger partial charge in [-0.25, -0.2) is 0 Å². The van der Waals surface area contributed by atoms with Crippen LogP contribution in [0.5, 0.6) is 0 Å². The van der Waals surface area contributed by atoms with Crippen molar-refractivity contribution in [2.45, 2.75) is 38.4 Å². The Morgan fingerprint density at radius 2 is 1.30 bits per heavy atom. The van der Waals surface area contributed by atoms with Crippen molar-refractivity contribution in [3.63, 3.8) is 0 Å². The first kappa shape index (κ1) is 19.3. The molecular weight excluding hydrogens is 328 g/mol. The van der Waals surface area contributed by atoms with Gasteiger partial charge in [-0.2, -0.15) is 0 Å². The summed E-state index contributed by atoms with van der Waals surface area (Å²) in [7, 11) is 0. The molecule has 3 aromatic carbocycles. The third-order valence-corrected chi connectivity index (χ3v) is 5.24. The van der Waals surface area contributed by atoms with Gasteiger partial charge in [-0.3, -0.25) is 4.90 Å². The molecule has 27 heavy (non-hydrogen) atoms. The van der Waals surface area contributed by atoms with Crippen LogP contribution in [0.4, 0.5) is 0 Å².